The number of sulfonamides is 1. The number of methoxy groups -OCH3 is 1. The molecule has 0 aliphatic carbocycles. The second-order valence-electron chi connectivity index (χ2n) is 7.10. The Kier molecular flexibility index (Phi) is 6.05. The summed E-state index contributed by atoms with van der Waals surface area (Å²) in [5, 5.41) is 0. The third kappa shape index (κ3) is 4.20. The molecule has 0 bridgehead atoms. The first-order valence-corrected chi connectivity index (χ1v) is 11.5. The molecule has 1 aromatic heterocycles. The van der Waals surface area contributed by atoms with Crippen LogP contribution in [0.15, 0.2) is 71.9 Å². The van der Waals surface area contributed by atoms with E-state index in [0.29, 0.717) is 42.5 Å². The zero-order chi connectivity index (χ0) is 21.1. The summed E-state index contributed by atoms with van der Waals surface area (Å²) < 4.78 is 37.0. The molecule has 1 fully saturated rings. The van der Waals surface area contributed by atoms with Gasteiger partial charge in [0.1, 0.15) is 5.75 Å². The zero-order valence-corrected chi connectivity index (χ0v) is 18.3. The largest absolute Gasteiger partial charge is 0.497 e. The van der Waals surface area contributed by atoms with Crippen LogP contribution in [0.5, 0.6) is 5.75 Å². The molecule has 0 saturated carbocycles. The molecule has 1 aliphatic heterocycles. The molecular weight excluding hydrogens is 420 g/mol. The van der Waals surface area contributed by atoms with E-state index in [1.54, 1.807) is 35.7 Å². The third-order valence-electron chi connectivity index (χ3n) is 5.26. The van der Waals surface area contributed by atoms with E-state index in [1.807, 2.05) is 51.9 Å². The molecule has 30 heavy (non-hydrogen) atoms. The maximum atomic E-state index is 12.8. The van der Waals surface area contributed by atoms with Gasteiger partial charge in [0.05, 0.1) is 18.7 Å². The van der Waals surface area contributed by atoms with Gasteiger partial charge in [0, 0.05) is 44.3 Å². The second kappa shape index (κ2) is 8.73. The number of nitrogens with zero attached hydrogens (tertiary/aromatic N) is 4. The van der Waals surface area contributed by atoms with Gasteiger partial charge in [0.15, 0.2) is 4.77 Å². The lowest BCUT2D eigenvalue weighted by atomic mass is 10.3. The van der Waals surface area contributed by atoms with Crippen LogP contribution in [0.1, 0.15) is 0 Å². The Morgan fingerprint density at radius 3 is 2.23 bits per heavy atom. The van der Waals surface area contributed by atoms with Crippen LogP contribution in [0.2, 0.25) is 0 Å². The van der Waals surface area contributed by atoms with Gasteiger partial charge in [0.2, 0.25) is 10.0 Å². The first-order chi connectivity index (χ1) is 14.5. The predicted molar refractivity (Wildman–Crippen MR) is 118 cm³/mol. The number of piperazine rings is 1. The molecule has 0 N–H and O–H groups in total. The number of hydrogen-bond acceptors (Lipinski definition) is 5. The number of ether oxygens (including phenoxy) is 1. The van der Waals surface area contributed by atoms with Crippen molar-refractivity contribution in [1.82, 2.24) is 18.3 Å². The number of benzene rings is 2. The highest BCUT2D eigenvalue weighted by molar-refractivity contribution is 7.89. The standard InChI is InChI=1S/C21H24N4O3S2/c1-28-19-9-7-18(8-10-19)25-16-13-23(21(25)29)17-22-11-14-24(15-12-22)30(26,27)20-5-3-2-4-6-20/h2-10,13,16H,11-12,14-15,17H2,1H3. The van der Waals surface area contributed by atoms with Gasteiger partial charge in [-0.3, -0.25) is 9.47 Å². The lowest BCUT2D eigenvalue weighted by molar-refractivity contribution is 0.151. The van der Waals surface area contributed by atoms with E-state index in [0.717, 1.165) is 11.4 Å². The molecule has 1 saturated heterocycles. The molecule has 0 radical (unpaired) electrons. The highest BCUT2D eigenvalue weighted by Gasteiger charge is 2.28. The Labute approximate surface area is 181 Å². The summed E-state index contributed by atoms with van der Waals surface area (Å²) in [7, 11) is -1.80. The van der Waals surface area contributed by atoms with Gasteiger partial charge in [0.25, 0.3) is 0 Å². The van der Waals surface area contributed by atoms with Gasteiger partial charge in [-0.15, -0.1) is 0 Å². The lowest BCUT2D eigenvalue weighted by Crippen LogP contribution is -2.48. The van der Waals surface area contributed by atoms with Crippen LogP contribution >= 0.6 is 12.2 Å². The van der Waals surface area contributed by atoms with Crippen molar-refractivity contribution in [3.05, 3.63) is 71.8 Å². The molecule has 1 aliphatic rings. The van der Waals surface area contributed by atoms with Gasteiger partial charge in [-0.1, -0.05) is 18.2 Å². The molecule has 0 unspecified atom stereocenters. The molecule has 3 aromatic rings. The van der Waals surface area contributed by atoms with Crippen molar-refractivity contribution >= 4 is 22.2 Å². The van der Waals surface area contributed by atoms with Crippen molar-refractivity contribution in [2.45, 2.75) is 11.6 Å². The van der Waals surface area contributed by atoms with Crippen molar-refractivity contribution in [2.24, 2.45) is 0 Å². The first kappa shape index (κ1) is 20.8. The molecule has 4 rings (SSSR count). The molecule has 9 heteroatoms. The SMILES string of the molecule is COc1ccc(-n2ccn(CN3CCN(S(=O)(=O)c4ccccc4)CC3)c2=S)cc1. The number of rotatable bonds is 6. The molecule has 0 amide bonds. The number of aromatic nitrogens is 2. The molecule has 2 aromatic carbocycles. The fraction of sp³-hybridized carbons (Fsp3) is 0.286. The smallest absolute Gasteiger partial charge is 0.243 e. The van der Waals surface area contributed by atoms with Gasteiger partial charge < -0.3 is 9.30 Å². The quantitative estimate of drug-likeness (QED) is 0.547. The van der Waals surface area contributed by atoms with Gasteiger partial charge in [-0.2, -0.15) is 4.31 Å². The van der Waals surface area contributed by atoms with Crippen molar-refractivity contribution < 1.29 is 13.2 Å². The summed E-state index contributed by atoms with van der Waals surface area (Å²) in [6.07, 6.45) is 3.90. The molecule has 0 atom stereocenters. The van der Waals surface area contributed by atoms with Crippen molar-refractivity contribution in [1.29, 1.82) is 0 Å². The lowest BCUT2D eigenvalue weighted by Gasteiger charge is -2.34. The van der Waals surface area contributed by atoms with E-state index < -0.39 is 10.0 Å². The van der Waals surface area contributed by atoms with Crippen molar-refractivity contribution in [3.8, 4) is 11.4 Å². The van der Waals surface area contributed by atoms with E-state index in [-0.39, 0.29) is 0 Å². The Morgan fingerprint density at radius 1 is 0.933 bits per heavy atom. The maximum absolute atomic E-state index is 12.8. The number of hydrogen-bond donors (Lipinski definition) is 0. The molecule has 7 nitrogen and oxygen atoms in total. The highest BCUT2D eigenvalue weighted by Crippen LogP contribution is 2.19. The van der Waals surface area contributed by atoms with E-state index in [4.69, 9.17) is 17.0 Å². The van der Waals surface area contributed by atoms with Crippen LogP contribution in [0.3, 0.4) is 0 Å². The Hall–Kier alpha value is -2.46. The summed E-state index contributed by atoms with van der Waals surface area (Å²) >= 11 is 5.65. The van der Waals surface area contributed by atoms with Crippen LogP contribution in [0.25, 0.3) is 5.69 Å². The molecule has 2 heterocycles. The summed E-state index contributed by atoms with van der Waals surface area (Å²) in [6, 6.07) is 16.3. The van der Waals surface area contributed by atoms with E-state index in [2.05, 4.69) is 4.90 Å². The minimum Gasteiger partial charge on any atom is -0.497 e. The monoisotopic (exact) mass is 444 g/mol. The fourth-order valence-corrected chi connectivity index (χ4v) is 5.26. The second-order valence-corrected chi connectivity index (χ2v) is 9.40. The Balaban J connectivity index is 1.41. The summed E-state index contributed by atoms with van der Waals surface area (Å²) in [5.74, 6) is 0.799. The minimum absolute atomic E-state index is 0.345. The van der Waals surface area contributed by atoms with Crippen LogP contribution in [0, 0.1) is 4.77 Å². The fourth-order valence-electron chi connectivity index (χ4n) is 3.53. The Bertz CT molecular complexity index is 1150. The van der Waals surface area contributed by atoms with E-state index >= 15 is 0 Å². The van der Waals surface area contributed by atoms with E-state index in [1.165, 1.54) is 0 Å². The van der Waals surface area contributed by atoms with Crippen LogP contribution in [0.4, 0.5) is 0 Å². The normalized spacial score (nSPS) is 15.9. The summed E-state index contributed by atoms with van der Waals surface area (Å²) in [6.45, 7) is 2.86. The molecular formula is C21H24N4O3S2. The van der Waals surface area contributed by atoms with Gasteiger partial charge in [-0.25, -0.2) is 8.42 Å². The molecule has 158 valence electrons. The van der Waals surface area contributed by atoms with E-state index in [9.17, 15) is 8.42 Å². The average Bonchev–Trinajstić information content (AvgIpc) is 3.15. The third-order valence-corrected chi connectivity index (χ3v) is 7.61. The number of imidazole rings is 1. The van der Waals surface area contributed by atoms with Crippen molar-refractivity contribution in [3.63, 3.8) is 0 Å². The zero-order valence-electron chi connectivity index (χ0n) is 16.7. The molecule has 0 spiro atoms. The maximum Gasteiger partial charge on any atom is 0.243 e. The van der Waals surface area contributed by atoms with Crippen LogP contribution < -0.4 is 4.74 Å². The van der Waals surface area contributed by atoms with Gasteiger partial charge in [-0.05, 0) is 48.6 Å². The van der Waals surface area contributed by atoms with Gasteiger partial charge >= 0.3 is 0 Å². The van der Waals surface area contributed by atoms with Crippen LogP contribution in [-0.4, -0.2) is 60.0 Å². The minimum atomic E-state index is -3.44. The topological polar surface area (TPSA) is 59.7 Å². The Morgan fingerprint density at radius 2 is 1.60 bits per heavy atom. The first-order valence-electron chi connectivity index (χ1n) is 9.69. The average molecular weight is 445 g/mol. The van der Waals surface area contributed by atoms with Crippen molar-refractivity contribution in [2.75, 3.05) is 33.3 Å². The predicted octanol–water partition coefficient (Wildman–Crippen LogP) is 2.98. The summed E-state index contributed by atoms with van der Waals surface area (Å²) in [5.41, 5.74) is 0.971. The highest BCUT2D eigenvalue weighted by atomic mass is 32.2. The van der Waals surface area contributed by atoms with Crippen LogP contribution in [-0.2, 0) is 16.7 Å². The summed E-state index contributed by atoms with van der Waals surface area (Å²) in [4.78, 5) is 2.56.